The molecule has 0 fully saturated rings. The Bertz CT molecular complexity index is 276. The minimum Gasteiger partial charge on any atom is -0.396 e. The highest BCUT2D eigenvalue weighted by Crippen LogP contribution is 2.14. The summed E-state index contributed by atoms with van der Waals surface area (Å²) in [7, 11) is 1.66. The SMILES string of the molecule is COCCNc1nc(C)ccc1N. The van der Waals surface area contributed by atoms with E-state index in [1.54, 1.807) is 7.11 Å². The molecule has 0 atom stereocenters. The van der Waals surface area contributed by atoms with Crippen LogP contribution in [0.25, 0.3) is 0 Å². The first-order chi connectivity index (χ1) is 6.24. The molecule has 1 aromatic heterocycles. The monoisotopic (exact) mass is 181 g/mol. The molecule has 0 aliphatic carbocycles. The van der Waals surface area contributed by atoms with Crippen LogP contribution in [0.3, 0.4) is 0 Å². The number of methoxy groups -OCH3 is 1. The Balaban J connectivity index is 2.59. The molecule has 4 nitrogen and oxygen atoms in total. The third kappa shape index (κ3) is 2.91. The third-order valence-corrected chi connectivity index (χ3v) is 1.66. The van der Waals surface area contributed by atoms with Gasteiger partial charge in [-0.2, -0.15) is 0 Å². The van der Waals surface area contributed by atoms with Gasteiger partial charge in [-0.25, -0.2) is 4.98 Å². The summed E-state index contributed by atoms with van der Waals surface area (Å²) in [6.45, 7) is 3.30. The van der Waals surface area contributed by atoms with E-state index in [2.05, 4.69) is 10.3 Å². The number of pyridine rings is 1. The topological polar surface area (TPSA) is 60.2 Å². The van der Waals surface area contributed by atoms with E-state index in [0.29, 0.717) is 12.3 Å². The predicted molar refractivity (Wildman–Crippen MR) is 53.8 cm³/mol. The van der Waals surface area contributed by atoms with Gasteiger partial charge in [0.05, 0.1) is 12.3 Å². The second kappa shape index (κ2) is 4.67. The Kier molecular flexibility index (Phi) is 3.52. The van der Waals surface area contributed by atoms with Gasteiger partial charge in [-0.3, -0.25) is 0 Å². The fourth-order valence-electron chi connectivity index (χ4n) is 0.981. The number of nitrogen functional groups attached to an aromatic ring is 1. The largest absolute Gasteiger partial charge is 0.396 e. The van der Waals surface area contributed by atoms with Crippen LogP contribution in [-0.4, -0.2) is 25.2 Å². The van der Waals surface area contributed by atoms with Gasteiger partial charge >= 0.3 is 0 Å². The number of ether oxygens (including phenoxy) is 1. The molecule has 3 N–H and O–H groups in total. The van der Waals surface area contributed by atoms with Crippen LogP contribution in [-0.2, 0) is 4.74 Å². The smallest absolute Gasteiger partial charge is 0.149 e. The molecule has 1 aromatic rings. The van der Waals surface area contributed by atoms with Crippen LogP contribution in [0.2, 0.25) is 0 Å². The van der Waals surface area contributed by atoms with Gasteiger partial charge in [0, 0.05) is 19.3 Å². The molecule has 0 amide bonds. The highest BCUT2D eigenvalue weighted by molar-refractivity contribution is 5.61. The zero-order valence-corrected chi connectivity index (χ0v) is 8.00. The van der Waals surface area contributed by atoms with Crippen molar-refractivity contribution in [3.63, 3.8) is 0 Å². The molecule has 0 radical (unpaired) electrons. The van der Waals surface area contributed by atoms with Crippen molar-refractivity contribution >= 4 is 11.5 Å². The zero-order valence-electron chi connectivity index (χ0n) is 8.00. The molecule has 0 spiro atoms. The van der Waals surface area contributed by atoms with E-state index in [9.17, 15) is 0 Å². The van der Waals surface area contributed by atoms with Gasteiger partial charge in [-0.15, -0.1) is 0 Å². The lowest BCUT2D eigenvalue weighted by atomic mass is 10.3. The van der Waals surface area contributed by atoms with Crippen molar-refractivity contribution in [1.29, 1.82) is 0 Å². The summed E-state index contributed by atoms with van der Waals surface area (Å²) in [4.78, 5) is 4.25. The van der Waals surface area contributed by atoms with Gasteiger partial charge in [0.25, 0.3) is 0 Å². The predicted octanol–water partition coefficient (Wildman–Crippen LogP) is 1.03. The molecule has 0 aromatic carbocycles. The van der Waals surface area contributed by atoms with Crippen molar-refractivity contribution < 1.29 is 4.74 Å². The summed E-state index contributed by atoms with van der Waals surface area (Å²) in [6.07, 6.45) is 0. The van der Waals surface area contributed by atoms with Crippen LogP contribution in [0.15, 0.2) is 12.1 Å². The molecule has 0 saturated heterocycles. The van der Waals surface area contributed by atoms with Gasteiger partial charge in [-0.05, 0) is 19.1 Å². The van der Waals surface area contributed by atoms with Gasteiger partial charge in [0.1, 0.15) is 5.82 Å². The summed E-state index contributed by atoms with van der Waals surface area (Å²) in [6, 6.07) is 3.73. The number of rotatable bonds is 4. The molecule has 0 aliphatic heterocycles. The molecule has 13 heavy (non-hydrogen) atoms. The lowest BCUT2D eigenvalue weighted by Gasteiger charge is -2.07. The molecule has 0 aliphatic rings. The number of nitrogens with zero attached hydrogens (tertiary/aromatic N) is 1. The molecule has 1 heterocycles. The Morgan fingerprint density at radius 2 is 2.31 bits per heavy atom. The van der Waals surface area contributed by atoms with Crippen LogP contribution in [0, 0.1) is 6.92 Å². The first-order valence-corrected chi connectivity index (χ1v) is 4.20. The average molecular weight is 181 g/mol. The summed E-state index contributed by atoms with van der Waals surface area (Å²) < 4.78 is 4.90. The molecular weight excluding hydrogens is 166 g/mol. The summed E-state index contributed by atoms with van der Waals surface area (Å²) in [5, 5.41) is 3.09. The van der Waals surface area contributed by atoms with Crippen LogP contribution < -0.4 is 11.1 Å². The van der Waals surface area contributed by atoms with Crippen LogP contribution in [0.1, 0.15) is 5.69 Å². The Labute approximate surface area is 78.1 Å². The quantitative estimate of drug-likeness (QED) is 0.681. The molecule has 0 saturated carbocycles. The van der Waals surface area contributed by atoms with Crippen molar-refractivity contribution in [2.24, 2.45) is 0 Å². The van der Waals surface area contributed by atoms with Gasteiger partial charge in [0.15, 0.2) is 0 Å². The maximum Gasteiger partial charge on any atom is 0.149 e. The maximum absolute atomic E-state index is 5.71. The number of hydrogen-bond donors (Lipinski definition) is 2. The molecule has 72 valence electrons. The van der Waals surface area contributed by atoms with Crippen LogP contribution in [0.4, 0.5) is 11.5 Å². The summed E-state index contributed by atoms with van der Waals surface area (Å²) >= 11 is 0. The second-order valence-corrected chi connectivity index (χ2v) is 2.81. The summed E-state index contributed by atoms with van der Waals surface area (Å²) in [5.41, 5.74) is 7.33. The van der Waals surface area contributed by atoms with Crippen molar-refractivity contribution in [2.75, 3.05) is 31.3 Å². The van der Waals surface area contributed by atoms with E-state index in [1.807, 2.05) is 19.1 Å². The second-order valence-electron chi connectivity index (χ2n) is 2.81. The molecule has 1 rings (SSSR count). The van der Waals surface area contributed by atoms with Crippen LogP contribution >= 0.6 is 0 Å². The molecule has 4 heteroatoms. The number of anilines is 2. The highest BCUT2D eigenvalue weighted by atomic mass is 16.5. The fourth-order valence-corrected chi connectivity index (χ4v) is 0.981. The standard InChI is InChI=1S/C9H15N3O/c1-7-3-4-8(10)9(12-7)11-5-6-13-2/h3-4H,5-6,10H2,1-2H3,(H,11,12). The van der Waals surface area contributed by atoms with Crippen molar-refractivity contribution in [1.82, 2.24) is 4.98 Å². The number of hydrogen-bond acceptors (Lipinski definition) is 4. The average Bonchev–Trinajstić information content (AvgIpc) is 2.11. The Hall–Kier alpha value is -1.29. The molecule has 0 unspecified atom stereocenters. The van der Waals surface area contributed by atoms with Gasteiger partial charge in [0.2, 0.25) is 0 Å². The van der Waals surface area contributed by atoms with E-state index in [0.717, 1.165) is 18.1 Å². The van der Waals surface area contributed by atoms with E-state index in [-0.39, 0.29) is 0 Å². The third-order valence-electron chi connectivity index (χ3n) is 1.66. The highest BCUT2D eigenvalue weighted by Gasteiger charge is 1.98. The minimum absolute atomic E-state index is 0.648. The van der Waals surface area contributed by atoms with Crippen LogP contribution in [0.5, 0.6) is 0 Å². The van der Waals surface area contributed by atoms with E-state index >= 15 is 0 Å². The lowest BCUT2D eigenvalue weighted by Crippen LogP contribution is -2.10. The van der Waals surface area contributed by atoms with Gasteiger partial charge in [-0.1, -0.05) is 0 Å². The van der Waals surface area contributed by atoms with Crippen molar-refractivity contribution in [3.8, 4) is 0 Å². The number of aryl methyl sites for hydroxylation is 1. The Morgan fingerprint density at radius 1 is 1.54 bits per heavy atom. The maximum atomic E-state index is 5.71. The van der Waals surface area contributed by atoms with Gasteiger partial charge < -0.3 is 15.8 Å². The summed E-state index contributed by atoms with van der Waals surface area (Å²) in [5.74, 6) is 0.733. The fraction of sp³-hybridized carbons (Fsp3) is 0.444. The number of nitrogens with two attached hydrogens (primary N) is 1. The van der Waals surface area contributed by atoms with E-state index in [1.165, 1.54) is 0 Å². The Morgan fingerprint density at radius 3 is 3.00 bits per heavy atom. The van der Waals surface area contributed by atoms with E-state index < -0.39 is 0 Å². The number of aromatic nitrogens is 1. The first kappa shape index (κ1) is 9.80. The lowest BCUT2D eigenvalue weighted by molar-refractivity contribution is 0.210. The first-order valence-electron chi connectivity index (χ1n) is 4.20. The zero-order chi connectivity index (χ0) is 9.68. The van der Waals surface area contributed by atoms with Crippen molar-refractivity contribution in [2.45, 2.75) is 6.92 Å². The normalized spacial score (nSPS) is 10.0. The minimum atomic E-state index is 0.648. The van der Waals surface area contributed by atoms with E-state index in [4.69, 9.17) is 10.5 Å². The molecule has 0 bridgehead atoms. The number of nitrogens with one attached hydrogen (secondary N) is 1. The van der Waals surface area contributed by atoms with Crippen molar-refractivity contribution in [3.05, 3.63) is 17.8 Å². The molecular formula is C9H15N3O.